The van der Waals surface area contributed by atoms with E-state index >= 15 is 0 Å². The summed E-state index contributed by atoms with van der Waals surface area (Å²) in [6.07, 6.45) is 70.7. The number of carbonyl (C=O) groups is 4. The molecule has 17 nitrogen and oxygen atoms in total. The minimum absolute atomic E-state index is 0.108. The molecule has 108 heavy (non-hydrogen) atoms. The molecule has 0 aromatic carbocycles. The molecule has 3 N–H and O–H groups in total. The van der Waals surface area contributed by atoms with E-state index in [9.17, 15) is 43.2 Å². The van der Waals surface area contributed by atoms with Gasteiger partial charge in [-0.25, -0.2) is 9.13 Å². The SMILES string of the molecule is CCCCCCCCCCCCCC(=O)OC[C@H](COP(=O)(O)OC[C@H](O)COP(=O)(O)OC[C@@H](COC(=O)CCCCCCCCCCCCCCCCCCC(C)C)OC(=O)CCCCCCCCCCCCCCCCCCC(C)C)OC(=O)CCCCCCCCCCCCCCCCCCC(C)C. The van der Waals surface area contributed by atoms with Gasteiger partial charge in [-0.05, 0) is 43.4 Å². The van der Waals surface area contributed by atoms with Crippen molar-refractivity contribution in [2.24, 2.45) is 17.8 Å². The van der Waals surface area contributed by atoms with Crippen molar-refractivity contribution in [3.05, 3.63) is 0 Å². The molecule has 0 fully saturated rings. The van der Waals surface area contributed by atoms with Gasteiger partial charge in [-0.15, -0.1) is 0 Å². The number of rotatable bonds is 87. The van der Waals surface area contributed by atoms with E-state index in [2.05, 4.69) is 48.5 Å². The third-order valence-corrected chi connectivity index (χ3v) is 22.8. The summed E-state index contributed by atoms with van der Waals surface area (Å²) in [4.78, 5) is 73.3. The van der Waals surface area contributed by atoms with Crippen LogP contribution in [0.4, 0.5) is 0 Å². The highest BCUT2D eigenvalue weighted by Gasteiger charge is 2.31. The summed E-state index contributed by atoms with van der Waals surface area (Å²) in [5.74, 6) is 0.332. The predicted octanol–water partition coefficient (Wildman–Crippen LogP) is 27.3. The molecule has 0 saturated carbocycles. The fourth-order valence-corrected chi connectivity index (χ4v) is 15.5. The highest BCUT2D eigenvalue weighted by molar-refractivity contribution is 7.47. The molecule has 5 atom stereocenters. The second kappa shape index (κ2) is 78.9. The van der Waals surface area contributed by atoms with E-state index in [1.807, 2.05) is 0 Å². The molecule has 0 rings (SSSR count). The summed E-state index contributed by atoms with van der Waals surface area (Å²) in [6.45, 7) is 12.1. The van der Waals surface area contributed by atoms with Crippen LogP contribution in [0, 0.1) is 17.8 Å². The van der Waals surface area contributed by atoms with Crippen LogP contribution in [0.3, 0.4) is 0 Å². The normalized spacial score (nSPS) is 13.8. The highest BCUT2D eigenvalue weighted by Crippen LogP contribution is 2.45. The summed E-state index contributed by atoms with van der Waals surface area (Å²) in [5, 5.41) is 10.7. The van der Waals surface area contributed by atoms with E-state index < -0.39 is 97.5 Å². The monoisotopic (exact) mass is 1580 g/mol. The average molecular weight is 1580 g/mol. The molecule has 0 aromatic rings. The quantitative estimate of drug-likeness (QED) is 0.0222. The van der Waals surface area contributed by atoms with Crippen molar-refractivity contribution in [2.45, 2.75) is 491 Å². The van der Waals surface area contributed by atoms with Crippen LogP contribution in [0.15, 0.2) is 0 Å². The third-order valence-electron chi connectivity index (χ3n) is 20.9. The minimum atomic E-state index is -4.97. The van der Waals surface area contributed by atoms with Gasteiger partial charge in [0, 0.05) is 25.7 Å². The Morgan fingerprint density at radius 3 is 0.630 bits per heavy atom. The Balaban J connectivity index is 5.24. The van der Waals surface area contributed by atoms with E-state index in [1.54, 1.807) is 0 Å². The molecule has 0 aromatic heterocycles. The fourth-order valence-electron chi connectivity index (χ4n) is 13.9. The largest absolute Gasteiger partial charge is 0.472 e. The fraction of sp³-hybridized carbons (Fsp3) is 0.955. The summed E-state index contributed by atoms with van der Waals surface area (Å²) >= 11 is 0. The maximum absolute atomic E-state index is 13.2. The standard InChI is InChI=1S/C89H174O17P2/c1-8-9-10-11-12-13-32-42-49-56-63-70-86(91)99-76-84(105-88(93)72-65-58-51-44-37-30-24-18-15-21-27-34-40-47-54-61-68-81(4)5)78-103-107(95,96)101-74-83(90)75-102-108(97,98)104-79-85(106-89(94)73-66-59-52-45-38-31-25-19-16-22-28-35-41-48-55-62-69-82(6)7)77-100-87(92)71-64-57-50-43-36-29-23-17-14-20-26-33-39-46-53-60-67-80(2)3/h80-85,90H,8-79H2,1-7H3,(H,95,96)(H,97,98)/t83-,84+,85+/m0/s1. The van der Waals surface area contributed by atoms with Gasteiger partial charge >= 0.3 is 39.5 Å². The Bertz CT molecular complexity index is 2080. The molecular formula is C89H174O17P2. The minimum Gasteiger partial charge on any atom is -0.462 e. The van der Waals surface area contributed by atoms with Crippen molar-refractivity contribution < 1.29 is 80.2 Å². The van der Waals surface area contributed by atoms with Gasteiger partial charge in [-0.3, -0.25) is 37.3 Å². The Morgan fingerprint density at radius 2 is 0.426 bits per heavy atom. The third kappa shape index (κ3) is 82.1. The molecule has 642 valence electrons. The zero-order valence-corrected chi connectivity index (χ0v) is 73.1. The van der Waals surface area contributed by atoms with Gasteiger partial charge in [0.1, 0.15) is 19.3 Å². The first kappa shape index (κ1) is 106. The van der Waals surface area contributed by atoms with E-state index in [1.165, 1.54) is 283 Å². The van der Waals surface area contributed by atoms with Gasteiger partial charge in [0.15, 0.2) is 12.2 Å². The lowest BCUT2D eigenvalue weighted by Gasteiger charge is -2.21. The van der Waals surface area contributed by atoms with Crippen LogP contribution in [0.1, 0.15) is 472 Å². The lowest BCUT2D eigenvalue weighted by molar-refractivity contribution is -0.161. The van der Waals surface area contributed by atoms with Crippen molar-refractivity contribution in [3.8, 4) is 0 Å². The number of aliphatic hydroxyl groups excluding tert-OH is 1. The van der Waals surface area contributed by atoms with Crippen LogP contribution >= 0.6 is 15.6 Å². The Morgan fingerprint density at radius 1 is 0.250 bits per heavy atom. The number of hydrogen-bond acceptors (Lipinski definition) is 15. The number of phosphoric acid groups is 2. The van der Waals surface area contributed by atoms with Crippen LogP contribution in [0.5, 0.6) is 0 Å². The molecular weight excluding hydrogens is 1400 g/mol. The van der Waals surface area contributed by atoms with Crippen LogP contribution in [-0.2, 0) is 65.4 Å². The summed E-state index contributed by atoms with van der Waals surface area (Å²) in [5.41, 5.74) is 0. The molecule has 0 heterocycles. The number of phosphoric ester groups is 2. The van der Waals surface area contributed by atoms with E-state index in [4.69, 9.17) is 37.0 Å². The molecule has 19 heteroatoms. The molecule has 0 bridgehead atoms. The molecule has 0 saturated heterocycles. The number of carbonyl (C=O) groups excluding carboxylic acids is 4. The van der Waals surface area contributed by atoms with Crippen LogP contribution in [0.25, 0.3) is 0 Å². The van der Waals surface area contributed by atoms with Crippen molar-refractivity contribution in [1.82, 2.24) is 0 Å². The van der Waals surface area contributed by atoms with E-state index in [0.29, 0.717) is 25.7 Å². The summed E-state index contributed by atoms with van der Waals surface area (Å²) in [7, 11) is -9.93. The second-order valence-electron chi connectivity index (χ2n) is 33.4. The maximum atomic E-state index is 13.2. The van der Waals surface area contributed by atoms with Crippen LogP contribution in [0.2, 0.25) is 0 Å². The van der Waals surface area contributed by atoms with Gasteiger partial charge in [0.05, 0.1) is 26.4 Å². The predicted molar refractivity (Wildman–Crippen MR) is 446 cm³/mol. The van der Waals surface area contributed by atoms with E-state index in [0.717, 1.165) is 108 Å². The first-order chi connectivity index (χ1) is 52.2. The molecule has 0 amide bonds. The molecule has 0 aliphatic rings. The number of hydrogen-bond donors (Lipinski definition) is 3. The maximum Gasteiger partial charge on any atom is 0.472 e. The zero-order valence-electron chi connectivity index (χ0n) is 71.3. The second-order valence-corrected chi connectivity index (χ2v) is 36.3. The highest BCUT2D eigenvalue weighted by atomic mass is 31.2. The van der Waals surface area contributed by atoms with E-state index in [-0.39, 0.29) is 25.7 Å². The summed E-state index contributed by atoms with van der Waals surface area (Å²) < 4.78 is 69.0. The molecule has 2 unspecified atom stereocenters. The molecule has 0 aliphatic heterocycles. The molecule has 0 spiro atoms. The Hall–Kier alpha value is -1.94. The zero-order chi connectivity index (χ0) is 79.3. The first-order valence-electron chi connectivity index (χ1n) is 45.8. The van der Waals surface area contributed by atoms with Crippen LogP contribution in [-0.4, -0.2) is 96.7 Å². The molecule has 0 radical (unpaired) electrons. The lowest BCUT2D eigenvalue weighted by atomic mass is 10.0. The number of unbranched alkanes of at least 4 members (excludes halogenated alkanes) is 55. The average Bonchev–Trinajstić information content (AvgIpc) is 0.898. The summed E-state index contributed by atoms with van der Waals surface area (Å²) in [6, 6.07) is 0. The van der Waals surface area contributed by atoms with Crippen molar-refractivity contribution in [1.29, 1.82) is 0 Å². The lowest BCUT2D eigenvalue weighted by Crippen LogP contribution is -2.30. The van der Waals surface area contributed by atoms with Gasteiger partial charge in [0.2, 0.25) is 0 Å². The number of ether oxygens (including phenoxy) is 4. The van der Waals surface area contributed by atoms with Gasteiger partial charge in [0.25, 0.3) is 0 Å². The van der Waals surface area contributed by atoms with Gasteiger partial charge in [-0.2, -0.15) is 0 Å². The van der Waals surface area contributed by atoms with Crippen molar-refractivity contribution >= 4 is 39.5 Å². The first-order valence-corrected chi connectivity index (χ1v) is 48.8. The van der Waals surface area contributed by atoms with Crippen molar-refractivity contribution in [2.75, 3.05) is 39.6 Å². The van der Waals surface area contributed by atoms with Gasteiger partial charge < -0.3 is 33.8 Å². The smallest absolute Gasteiger partial charge is 0.462 e. The Labute approximate surface area is 664 Å². The van der Waals surface area contributed by atoms with Crippen molar-refractivity contribution in [3.63, 3.8) is 0 Å². The topological polar surface area (TPSA) is 237 Å². The van der Waals surface area contributed by atoms with Gasteiger partial charge in [-0.1, -0.05) is 421 Å². The number of esters is 4. The number of aliphatic hydroxyl groups is 1. The Kier molecular flexibility index (Phi) is 77.5. The van der Waals surface area contributed by atoms with Crippen LogP contribution < -0.4 is 0 Å². The molecule has 0 aliphatic carbocycles.